The van der Waals surface area contributed by atoms with Crippen LogP contribution in [-0.2, 0) is 6.54 Å². The third kappa shape index (κ3) is 3.80. The highest BCUT2D eigenvalue weighted by molar-refractivity contribution is 6.30. The maximum absolute atomic E-state index is 13.3. The van der Waals surface area contributed by atoms with Gasteiger partial charge in [-0.25, -0.2) is 4.39 Å². The Morgan fingerprint density at radius 3 is 2.60 bits per heavy atom. The number of nitrogens with one attached hydrogen (secondary N) is 1. The molecule has 0 unspecified atom stereocenters. The minimum Gasteiger partial charge on any atom is -0.310 e. The normalized spacial score (nSPS) is 11.0. The van der Waals surface area contributed by atoms with Crippen molar-refractivity contribution in [3.63, 3.8) is 0 Å². The maximum Gasteiger partial charge on any atom is 0.127 e. The van der Waals surface area contributed by atoms with Crippen LogP contribution in [0.15, 0.2) is 18.2 Å². The second kappa shape index (κ2) is 6.09. The molecule has 1 N–H and O–H groups in total. The summed E-state index contributed by atoms with van der Waals surface area (Å²) in [7, 11) is 0. The highest BCUT2D eigenvalue weighted by atomic mass is 35.5. The lowest BCUT2D eigenvalue weighted by Crippen LogP contribution is -2.27. The third-order valence-corrected chi connectivity index (χ3v) is 2.81. The molecule has 1 nitrogen and oxygen atoms in total. The minimum absolute atomic E-state index is 0.196. The lowest BCUT2D eigenvalue weighted by Gasteiger charge is -2.14. The second-order valence-corrected chi connectivity index (χ2v) is 4.07. The summed E-state index contributed by atoms with van der Waals surface area (Å²) in [6.07, 6.45) is 2.11. The highest BCUT2D eigenvalue weighted by Gasteiger charge is 2.06. The number of hydrogen-bond acceptors (Lipinski definition) is 1. The number of hydrogen-bond donors (Lipinski definition) is 1. The Hall–Kier alpha value is -0.600. The van der Waals surface area contributed by atoms with Crippen molar-refractivity contribution in [1.82, 2.24) is 5.32 Å². The molecule has 0 aliphatic carbocycles. The monoisotopic (exact) mass is 229 g/mol. The van der Waals surface area contributed by atoms with Crippen LogP contribution in [0.25, 0.3) is 0 Å². The fourth-order valence-electron chi connectivity index (χ4n) is 1.51. The second-order valence-electron chi connectivity index (χ2n) is 3.63. The molecule has 1 rings (SSSR count). The van der Waals surface area contributed by atoms with E-state index in [2.05, 4.69) is 19.2 Å². The lowest BCUT2D eigenvalue weighted by molar-refractivity contribution is 0.475. The number of benzene rings is 1. The van der Waals surface area contributed by atoms with Gasteiger partial charge in [-0.05, 0) is 31.0 Å². The summed E-state index contributed by atoms with van der Waals surface area (Å²) in [5.74, 6) is -0.196. The fraction of sp³-hybridized carbons (Fsp3) is 0.500. The fourth-order valence-corrected chi connectivity index (χ4v) is 1.71. The van der Waals surface area contributed by atoms with Gasteiger partial charge < -0.3 is 5.32 Å². The average molecular weight is 230 g/mol. The molecule has 0 bridgehead atoms. The first kappa shape index (κ1) is 12.5. The van der Waals surface area contributed by atoms with Gasteiger partial charge in [0, 0.05) is 23.2 Å². The summed E-state index contributed by atoms with van der Waals surface area (Å²) >= 11 is 5.81. The van der Waals surface area contributed by atoms with Crippen LogP contribution >= 0.6 is 11.6 Å². The van der Waals surface area contributed by atoms with Gasteiger partial charge in [-0.15, -0.1) is 0 Å². The van der Waals surface area contributed by atoms with E-state index in [-0.39, 0.29) is 5.82 Å². The van der Waals surface area contributed by atoms with Crippen molar-refractivity contribution in [2.45, 2.75) is 39.3 Å². The van der Waals surface area contributed by atoms with Crippen molar-refractivity contribution in [1.29, 1.82) is 0 Å². The van der Waals surface area contributed by atoms with Crippen LogP contribution in [0.1, 0.15) is 32.3 Å². The molecule has 0 spiro atoms. The van der Waals surface area contributed by atoms with Crippen LogP contribution in [0.5, 0.6) is 0 Å². The van der Waals surface area contributed by atoms with Crippen molar-refractivity contribution < 1.29 is 4.39 Å². The van der Waals surface area contributed by atoms with Gasteiger partial charge >= 0.3 is 0 Å². The Morgan fingerprint density at radius 2 is 2.00 bits per heavy atom. The summed E-state index contributed by atoms with van der Waals surface area (Å²) < 4.78 is 13.3. The van der Waals surface area contributed by atoms with Gasteiger partial charge in [-0.1, -0.05) is 25.4 Å². The average Bonchev–Trinajstić information content (AvgIpc) is 2.24. The van der Waals surface area contributed by atoms with Crippen molar-refractivity contribution in [3.8, 4) is 0 Å². The van der Waals surface area contributed by atoms with Gasteiger partial charge in [0.15, 0.2) is 0 Å². The van der Waals surface area contributed by atoms with E-state index in [4.69, 9.17) is 11.6 Å². The standard InChI is InChI=1S/C12H17ClFN/c1-3-11(4-2)15-8-9-7-10(13)5-6-12(9)14/h5-7,11,15H,3-4,8H2,1-2H3. The van der Waals surface area contributed by atoms with Crippen molar-refractivity contribution in [2.24, 2.45) is 0 Å². The Balaban J connectivity index is 2.60. The molecule has 1 aromatic rings. The van der Waals surface area contributed by atoms with E-state index in [9.17, 15) is 4.39 Å². The molecule has 0 saturated carbocycles. The Morgan fingerprint density at radius 1 is 1.33 bits per heavy atom. The topological polar surface area (TPSA) is 12.0 Å². The van der Waals surface area contributed by atoms with Crippen LogP contribution < -0.4 is 5.32 Å². The van der Waals surface area contributed by atoms with E-state index in [1.807, 2.05) is 0 Å². The van der Waals surface area contributed by atoms with Gasteiger partial charge in [-0.2, -0.15) is 0 Å². The summed E-state index contributed by atoms with van der Waals surface area (Å²) in [5, 5.41) is 3.89. The highest BCUT2D eigenvalue weighted by Crippen LogP contribution is 2.15. The maximum atomic E-state index is 13.3. The van der Waals surface area contributed by atoms with Crippen molar-refractivity contribution in [3.05, 3.63) is 34.6 Å². The molecule has 0 heterocycles. The van der Waals surface area contributed by atoms with Gasteiger partial charge in [0.1, 0.15) is 5.82 Å². The zero-order chi connectivity index (χ0) is 11.3. The minimum atomic E-state index is -0.196. The third-order valence-electron chi connectivity index (χ3n) is 2.57. The predicted octanol–water partition coefficient (Wildman–Crippen LogP) is 3.76. The molecule has 3 heteroatoms. The van der Waals surface area contributed by atoms with Crippen LogP contribution in [0.2, 0.25) is 5.02 Å². The van der Waals surface area contributed by atoms with E-state index in [0.717, 1.165) is 12.8 Å². The molecule has 0 aliphatic heterocycles. The molecule has 1 aromatic carbocycles. The molecule has 0 saturated heterocycles. The van der Waals surface area contributed by atoms with E-state index >= 15 is 0 Å². The largest absolute Gasteiger partial charge is 0.310 e. The van der Waals surface area contributed by atoms with E-state index < -0.39 is 0 Å². The molecule has 0 fully saturated rings. The molecule has 0 aliphatic rings. The van der Waals surface area contributed by atoms with Crippen LogP contribution in [0.3, 0.4) is 0 Å². The molecule has 0 amide bonds. The van der Waals surface area contributed by atoms with Gasteiger partial charge in [0.05, 0.1) is 0 Å². The quantitative estimate of drug-likeness (QED) is 0.811. The first-order valence-corrected chi connectivity index (χ1v) is 5.72. The van der Waals surface area contributed by atoms with Gasteiger partial charge in [0.2, 0.25) is 0 Å². The first-order valence-electron chi connectivity index (χ1n) is 5.34. The van der Waals surface area contributed by atoms with Crippen LogP contribution in [0, 0.1) is 5.82 Å². The van der Waals surface area contributed by atoms with Crippen LogP contribution in [-0.4, -0.2) is 6.04 Å². The smallest absolute Gasteiger partial charge is 0.127 e. The van der Waals surface area contributed by atoms with Gasteiger partial charge in [-0.3, -0.25) is 0 Å². The van der Waals surface area contributed by atoms with Gasteiger partial charge in [0.25, 0.3) is 0 Å². The zero-order valence-electron chi connectivity index (χ0n) is 9.19. The zero-order valence-corrected chi connectivity index (χ0v) is 9.94. The Labute approximate surface area is 95.6 Å². The summed E-state index contributed by atoms with van der Waals surface area (Å²) in [6, 6.07) is 5.10. The van der Waals surface area contributed by atoms with Crippen LogP contribution in [0.4, 0.5) is 4.39 Å². The molecule has 0 atom stereocenters. The molecule has 0 aromatic heterocycles. The SMILES string of the molecule is CCC(CC)NCc1cc(Cl)ccc1F. The summed E-state index contributed by atoms with van der Waals surface area (Å²) in [4.78, 5) is 0. The molecule has 0 radical (unpaired) electrons. The van der Waals surface area contributed by atoms with E-state index in [0.29, 0.717) is 23.2 Å². The molecular formula is C12H17ClFN. The van der Waals surface area contributed by atoms with E-state index in [1.165, 1.54) is 6.07 Å². The lowest BCUT2D eigenvalue weighted by atomic mass is 10.1. The summed E-state index contributed by atoms with van der Waals surface area (Å²) in [6.45, 7) is 4.78. The van der Waals surface area contributed by atoms with E-state index in [1.54, 1.807) is 12.1 Å². The summed E-state index contributed by atoms with van der Waals surface area (Å²) in [5.41, 5.74) is 0.634. The molecule has 84 valence electrons. The van der Waals surface area contributed by atoms with Crippen molar-refractivity contribution in [2.75, 3.05) is 0 Å². The number of rotatable bonds is 5. The first-order chi connectivity index (χ1) is 7.17. The predicted molar refractivity (Wildman–Crippen MR) is 62.6 cm³/mol. The Kier molecular flexibility index (Phi) is 5.06. The Bertz CT molecular complexity index is 310. The molecule has 15 heavy (non-hydrogen) atoms. The number of halogens is 2. The van der Waals surface area contributed by atoms with Crippen molar-refractivity contribution >= 4 is 11.6 Å². The molecular weight excluding hydrogens is 213 g/mol.